The van der Waals surface area contributed by atoms with Crippen molar-refractivity contribution in [2.75, 3.05) is 6.61 Å². The molecule has 0 aromatic carbocycles. The van der Waals surface area contributed by atoms with E-state index in [4.69, 9.17) is 15.4 Å². The Morgan fingerprint density at radius 3 is 2.54 bits per heavy atom. The summed E-state index contributed by atoms with van der Waals surface area (Å²) < 4.78 is 4.99. The van der Waals surface area contributed by atoms with E-state index in [9.17, 15) is 0 Å². The number of hydrogen-bond acceptors (Lipinski definition) is 3. The molecule has 0 aromatic rings. The Bertz CT molecular complexity index is 194. The second-order valence-electron chi connectivity index (χ2n) is 3.52. The van der Waals surface area contributed by atoms with Gasteiger partial charge in [0.05, 0.1) is 18.6 Å². The lowest BCUT2D eigenvalue weighted by atomic mass is 9.95. The van der Waals surface area contributed by atoms with Crippen LogP contribution >= 0.6 is 0 Å². The first-order valence-electron chi connectivity index (χ1n) is 4.70. The zero-order chi connectivity index (χ0) is 10.3. The predicted octanol–water partition coefficient (Wildman–Crippen LogP) is 2.58. The monoisotopic (exact) mass is 182 g/mol. The molecule has 13 heavy (non-hydrogen) atoms. The quantitative estimate of drug-likeness (QED) is 0.524. The van der Waals surface area contributed by atoms with Crippen molar-refractivity contribution in [2.45, 2.75) is 33.6 Å². The van der Waals surface area contributed by atoms with Crippen LogP contribution in [0, 0.1) is 28.6 Å². The summed E-state index contributed by atoms with van der Waals surface area (Å²) in [6.45, 7) is 6.51. The Morgan fingerprint density at radius 2 is 2.15 bits per heavy atom. The van der Waals surface area contributed by atoms with Crippen molar-refractivity contribution in [3.63, 3.8) is 0 Å². The van der Waals surface area contributed by atoms with Crippen molar-refractivity contribution in [3.05, 3.63) is 0 Å². The Morgan fingerprint density at radius 1 is 1.54 bits per heavy atom. The molecule has 0 aliphatic carbocycles. The van der Waals surface area contributed by atoms with Crippen LogP contribution in [-0.4, -0.2) is 12.5 Å². The zero-order valence-corrected chi connectivity index (χ0v) is 8.63. The summed E-state index contributed by atoms with van der Waals surface area (Å²) in [6.07, 6.45) is 1.29. The minimum atomic E-state index is -0.0703. The zero-order valence-electron chi connectivity index (χ0n) is 8.63. The lowest BCUT2D eigenvalue weighted by molar-refractivity contribution is 0.305. The molecule has 0 aromatic heterocycles. The molecule has 0 saturated heterocycles. The molecule has 0 rings (SSSR count). The van der Waals surface area contributed by atoms with Gasteiger partial charge in [-0.2, -0.15) is 5.26 Å². The van der Waals surface area contributed by atoms with Crippen LogP contribution in [0.15, 0.2) is 0 Å². The van der Waals surface area contributed by atoms with Gasteiger partial charge in [-0.05, 0) is 19.3 Å². The third kappa shape index (κ3) is 6.15. The highest BCUT2D eigenvalue weighted by atomic mass is 16.5. The minimum Gasteiger partial charge on any atom is -0.481 e. The summed E-state index contributed by atoms with van der Waals surface area (Å²) in [7, 11) is 0. The maximum atomic E-state index is 8.79. The lowest BCUT2D eigenvalue weighted by Crippen LogP contribution is -2.11. The molecule has 0 amide bonds. The number of hydrogen-bond donors (Lipinski definition) is 1. The summed E-state index contributed by atoms with van der Waals surface area (Å²) in [5.74, 6) is 0.660. The van der Waals surface area contributed by atoms with E-state index in [0.717, 1.165) is 6.42 Å². The number of nitrogens with zero attached hydrogens (tertiary/aromatic N) is 1. The van der Waals surface area contributed by atoms with Gasteiger partial charge >= 0.3 is 0 Å². The van der Waals surface area contributed by atoms with Crippen LogP contribution in [0.3, 0.4) is 0 Å². The van der Waals surface area contributed by atoms with Gasteiger partial charge in [0.25, 0.3) is 0 Å². The number of nitriles is 1. The molecule has 0 fully saturated rings. The SMILES string of the molecule is CCOC(=N)CC(C#N)CC(C)C. The van der Waals surface area contributed by atoms with Gasteiger partial charge in [-0.25, -0.2) is 0 Å². The fourth-order valence-electron chi connectivity index (χ4n) is 1.21. The minimum absolute atomic E-state index is 0.0703. The first-order valence-corrected chi connectivity index (χ1v) is 4.70. The third-order valence-corrected chi connectivity index (χ3v) is 1.69. The summed E-state index contributed by atoms with van der Waals surface area (Å²) >= 11 is 0. The molecule has 0 aliphatic rings. The first-order chi connectivity index (χ1) is 6.10. The van der Waals surface area contributed by atoms with Gasteiger partial charge in [0, 0.05) is 6.42 Å². The molecule has 1 N–H and O–H groups in total. The fraction of sp³-hybridized carbons (Fsp3) is 0.800. The van der Waals surface area contributed by atoms with Crippen molar-refractivity contribution in [3.8, 4) is 6.07 Å². The highest BCUT2D eigenvalue weighted by molar-refractivity contribution is 5.73. The van der Waals surface area contributed by atoms with Crippen molar-refractivity contribution < 1.29 is 4.74 Å². The first kappa shape index (κ1) is 12.0. The average Bonchev–Trinajstić information content (AvgIpc) is 2.02. The van der Waals surface area contributed by atoms with Crippen LogP contribution in [0.4, 0.5) is 0 Å². The van der Waals surface area contributed by atoms with Gasteiger partial charge in [-0.1, -0.05) is 13.8 Å². The van der Waals surface area contributed by atoms with Crippen LogP contribution in [-0.2, 0) is 4.74 Å². The standard InChI is InChI=1S/C10H18N2O/c1-4-13-10(12)6-9(7-11)5-8(2)3/h8-9,12H,4-6H2,1-3H3. The van der Waals surface area contributed by atoms with E-state index < -0.39 is 0 Å². The molecular formula is C10H18N2O. The summed E-state index contributed by atoms with van der Waals surface area (Å²) in [6, 6.07) is 2.20. The normalized spacial score (nSPS) is 12.2. The van der Waals surface area contributed by atoms with Crippen molar-refractivity contribution >= 4 is 5.90 Å². The van der Waals surface area contributed by atoms with Crippen LogP contribution < -0.4 is 0 Å². The highest BCUT2D eigenvalue weighted by Crippen LogP contribution is 2.14. The van der Waals surface area contributed by atoms with Gasteiger partial charge in [-0.15, -0.1) is 0 Å². The van der Waals surface area contributed by atoms with Gasteiger partial charge in [0.2, 0.25) is 0 Å². The van der Waals surface area contributed by atoms with Gasteiger partial charge < -0.3 is 4.74 Å². The fourth-order valence-corrected chi connectivity index (χ4v) is 1.21. The lowest BCUT2D eigenvalue weighted by Gasteiger charge is -2.11. The van der Waals surface area contributed by atoms with E-state index in [-0.39, 0.29) is 11.8 Å². The highest BCUT2D eigenvalue weighted by Gasteiger charge is 2.12. The van der Waals surface area contributed by atoms with Gasteiger partial charge in [-0.3, -0.25) is 5.41 Å². The Labute approximate surface area is 80.2 Å². The van der Waals surface area contributed by atoms with E-state index in [1.54, 1.807) is 0 Å². The number of ether oxygens (including phenoxy) is 1. The summed E-state index contributed by atoms with van der Waals surface area (Å²) in [5.41, 5.74) is 0. The average molecular weight is 182 g/mol. The maximum absolute atomic E-state index is 8.79. The topological polar surface area (TPSA) is 56.9 Å². The largest absolute Gasteiger partial charge is 0.481 e. The Balaban J connectivity index is 3.85. The molecule has 0 spiro atoms. The van der Waals surface area contributed by atoms with Crippen LogP contribution in [0.5, 0.6) is 0 Å². The predicted molar refractivity (Wildman–Crippen MR) is 52.5 cm³/mol. The molecule has 0 bridgehead atoms. The van der Waals surface area contributed by atoms with E-state index >= 15 is 0 Å². The molecule has 74 valence electrons. The second kappa shape index (κ2) is 6.47. The smallest absolute Gasteiger partial charge is 0.181 e. The molecule has 0 radical (unpaired) electrons. The molecular weight excluding hydrogens is 164 g/mol. The van der Waals surface area contributed by atoms with E-state index in [0.29, 0.717) is 18.9 Å². The van der Waals surface area contributed by atoms with E-state index in [2.05, 4.69) is 19.9 Å². The second-order valence-corrected chi connectivity index (χ2v) is 3.52. The Kier molecular flexibility index (Phi) is 5.96. The third-order valence-electron chi connectivity index (χ3n) is 1.69. The van der Waals surface area contributed by atoms with Crippen LogP contribution in [0.1, 0.15) is 33.6 Å². The molecule has 0 aliphatic heterocycles. The number of rotatable bonds is 5. The molecule has 3 heteroatoms. The van der Waals surface area contributed by atoms with Crippen LogP contribution in [0.25, 0.3) is 0 Å². The van der Waals surface area contributed by atoms with Crippen molar-refractivity contribution in [1.29, 1.82) is 10.7 Å². The van der Waals surface area contributed by atoms with Gasteiger partial charge in [0.15, 0.2) is 5.90 Å². The molecule has 0 heterocycles. The van der Waals surface area contributed by atoms with Crippen LogP contribution in [0.2, 0.25) is 0 Å². The van der Waals surface area contributed by atoms with E-state index in [1.165, 1.54) is 0 Å². The molecule has 3 nitrogen and oxygen atoms in total. The maximum Gasteiger partial charge on any atom is 0.181 e. The Hall–Kier alpha value is -1.04. The number of nitrogens with one attached hydrogen (secondary N) is 1. The van der Waals surface area contributed by atoms with E-state index in [1.807, 2.05) is 6.92 Å². The summed E-state index contributed by atoms with van der Waals surface area (Å²) in [4.78, 5) is 0. The summed E-state index contributed by atoms with van der Waals surface area (Å²) in [5, 5.41) is 16.2. The molecule has 1 unspecified atom stereocenters. The molecule has 0 saturated carbocycles. The molecule has 1 atom stereocenters. The van der Waals surface area contributed by atoms with Gasteiger partial charge in [0.1, 0.15) is 0 Å². The van der Waals surface area contributed by atoms with Crippen molar-refractivity contribution in [1.82, 2.24) is 0 Å². The van der Waals surface area contributed by atoms with Crippen molar-refractivity contribution in [2.24, 2.45) is 11.8 Å².